The van der Waals surface area contributed by atoms with Crippen LogP contribution in [0.5, 0.6) is 0 Å². The van der Waals surface area contributed by atoms with Crippen LogP contribution in [0.25, 0.3) is 0 Å². The predicted octanol–water partition coefficient (Wildman–Crippen LogP) is 1.26. The molecular formula is C47H57NO17. The molecule has 352 valence electrons. The first-order chi connectivity index (χ1) is 29.3. The molecule has 4 aliphatic rings. The number of ether oxygens (including phenoxy) is 5. The molecule has 18 heteroatoms. The number of Topliss-reactive ketones (excluding diaryl/α,β-unsaturated/α-hetero) is 1. The van der Waals surface area contributed by atoms with Crippen LogP contribution in [-0.2, 0) is 42.9 Å². The lowest BCUT2D eigenvalue weighted by atomic mass is 9.44. The summed E-state index contributed by atoms with van der Waals surface area (Å²) in [5, 5.41) is 40.2. The number of ketones is 1. The van der Waals surface area contributed by atoms with E-state index < -0.39 is 113 Å². The first-order valence-corrected chi connectivity index (χ1v) is 20.5. The summed E-state index contributed by atoms with van der Waals surface area (Å²) >= 11 is 0. The smallest absolute Gasteiger partial charge is 0.338 e. The Hall–Kier alpha value is -5.86. The monoisotopic (exact) mass is 907 g/mol. The molecule has 1 amide bonds. The van der Waals surface area contributed by atoms with Gasteiger partial charge in [-0.05, 0) is 54.8 Å². The minimum absolute atomic E-state index is 0. The molecule has 0 radical (unpaired) electrons. The van der Waals surface area contributed by atoms with Gasteiger partial charge in [-0.25, -0.2) is 9.59 Å². The van der Waals surface area contributed by atoms with Gasteiger partial charge in [0.25, 0.3) is 5.91 Å². The first kappa shape index (κ1) is 51.8. The molecule has 3 fully saturated rings. The molecule has 2 bridgehead atoms. The number of hydrogen-bond acceptors (Lipinski definition) is 14. The third kappa shape index (κ3) is 8.70. The number of nitrogens with one attached hydrogen (secondary N) is 1. The Kier molecular flexibility index (Phi) is 15.4. The van der Waals surface area contributed by atoms with Gasteiger partial charge in [-0.3, -0.25) is 19.2 Å². The second-order valence-corrected chi connectivity index (χ2v) is 17.4. The minimum Gasteiger partial charge on any atom is -0.456 e. The summed E-state index contributed by atoms with van der Waals surface area (Å²) in [5.74, 6) is -6.84. The van der Waals surface area contributed by atoms with Crippen LogP contribution in [0, 0.1) is 16.7 Å². The van der Waals surface area contributed by atoms with Gasteiger partial charge in [0.15, 0.2) is 23.6 Å². The molecule has 2 saturated carbocycles. The van der Waals surface area contributed by atoms with E-state index >= 15 is 4.79 Å². The van der Waals surface area contributed by atoms with E-state index in [1.54, 1.807) is 92.7 Å². The van der Waals surface area contributed by atoms with Gasteiger partial charge in [0.05, 0.1) is 35.6 Å². The number of fused-ring (bicyclic) bond motifs is 5. The first-order valence-electron chi connectivity index (χ1n) is 20.5. The van der Waals surface area contributed by atoms with Crippen molar-refractivity contribution in [1.29, 1.82) is 0 Å². The van der Waals surface area contributed by atoms with Gasteiger partial charge < -0.3 is 60.7 Å². The normalized spacial score (nSPS) is 30.4. The molecule has 3 aromatic rings. The predicted molar refractivity (Wildman–Crippen MR) is 229 cm³/mol. The van der Waals surface area contributed by atoms with E-state index in [4.69, 9.17) is 23.7 Å². The molecule has 7 rings (SSSR count). The molecule has 0 unspecified atom stereocenters. The van der Waals surface area contributed by atoms with Crippen LogP contribution in [0.15, 0.2) is 102 Å². The molecule has 0 aromatic heterocycles. The van der Waals surface area contributed by atoms with Gasteiger partial charge in [0.2, 0.25) is 0 Å². The number of carbonyl (C=O) groups is 6. The molecule has 0 spiro atoms. The van der Waals surface area contributed by atoms with E-state index in [0.29, 0.717) is 5.56 Å². The Labute approximate surface area is 374 Å². The number of amides is 1. The Balaban J connectivity index is 0.00000308. The van der Waals surface area contributed by atoms with Crippen LogP contribution in [-0.4, -0.2) is 122 Å². The highest BCUT2D eigenvalue weighted by Crippen LogP contribution is 2.64. The second-order valence-electron chi connectivity index (χ2n) is 17.4. The Morgan fingerprint density at radius 3 is 1.88 bits per heavy atom. The lowest BCUT2D eigenvalue weighted by Crippen LogP contribution is -2.82. The zero-order valence-corrected chi connectivity index (χ0v) is 36.7. The standard InChI is InChI=1S/C47H51NO14.3H2O/c1-25-31(60-43(56)36(52)35(28-16-10-7-11-17-28)48-41(54)29-18-12-8-13-19-29)23-47(57)40(61-42(55)30-20-14-9-15-21-30)38-45(6,32(51)22-33-46(38,24-58-33)62-27(3)50)39(53)37(59-26(2)49)34(25)44(47,4)5;;;/h7-21,31-33,35-38,40,51-52,57H,22-24H2,1-6H3,(H,48,54);3*1H2/t31-,32-,33+,35-,36+,37+,38-,40-,45+,46-,47+;;;/m0.../s1. The average Bonchev–Trinajstić information content (AvgIpc) is 3.24. The average molecular weight is 908 g/mol. The van der Waals surface area contributed by atoms with Gasteiger partial charge in [-0.2, -0.15) is 0 Å². The van der Waals surface area contributed by atoms with Crippen molar-refractivity contribution in [3.05, 3.63) is 119 Å². The van der Waals surface area contributed by atoms with Gasteiger partial charge in [-0.1, -0.05) is 80.6 Å². The maximum absolute atomic E-state index is 15.5. The van der Waals surface area contributed by atoms with Gasteiger partial charge in [-0.15, -0.1) is 0 Å². The van der Waals surface area contributed by atoms with E-state index in [0.717, 1.165) is 13.8 Å². The van der Waals surface area contributed by atoms with Gasteiger partial charge >= 0.3 is 23.9 Å². The summed E-state index contributed by atoms with van der Waals surface area (Å²) in [4.78, 5) is 83.5. The SMILES string of the molecule is CC(=O)O[C@H]1C(=O)[C@@]2(C)[C@H]([C@H](OC(=O)c3ccccc3)[C@]3(O)C[C@H](OC(=O)[C@H](O)[C@@H](NC(=O)c4ccccc4)c4ccccc4)C(C)=C1C3(C)C)[C@]1(OC(C)=O)CO[C@@H]1C[C@@H]2O.O.O.O. The van der Waals surface area contributed by atoms with Crippen LogP contribution in [0.3, 0.4) is 0 Å². The summed E-state index contributed by atoms with van der Waals surface area (Å²) < 4.78 is 30.3. The summed E-state index contributed by atoms with van der Waals surface area (Å²) in [6, 6.07) is 22.9. The number of carbonyl (C=O) groups excluding carboxylic acids is 6. The van der Waals surface area contributed by atoms with E-state index in [1.165, 1.54) is 26.0 Å². The second kappa shape index (κ2) is 19.3. The molecule has 18 nitrogen and oxygen atoms in total. The Bertz CT molecular complexity index is 2290. The number of rotatable bonds is 10. The lowest BCUT2D eigenvalue weighted by Gasteiger charge is -2.67. The van der Waals surface area contributed by atoms with Gasteiger partial charge in [0, 0.05) is 37.7 Å². The number of aliphatic hydroxyl groups is 3. The van der Waals surface area contributed by atoms with Crippen molar-refractivity contribution in [1.82, 2.24) is 5.32 Å². The van der Waals surface area contributed by atoms with Crippen molar-refractivity contribution in [3.8, 4) is 0 Å². The quantitative estimate of drug-likeness (QED) is 0.127. The summed E-state index contributed by atoms with van der Waals surface area (Å²) in [5.41, 5.74) is -7.02. The van der Waals surface area contributed by atoms with Crippen molar-refractivity contribution in [3.63, 3.8) is 0 Å². The number of hydrogen-bond donors (Lipinski definition) is 4. The Morgan fingerprint density at radius 1 is 0.800 bits per heavy atom. The van der Waals surface area contributed by atoms with E-state index in [9.17, 15) is 39.3 Å². The number of esters is 4. The topological polar surface area (TPSA) is 316 Å². The number of benzene rings is 3. The largest absolute Gasteiger partial charge is 0.456 e. The van der Waals surface area contributed by atoms with Crippen molar-refractivity contribution in [2.45, 2.75) is 108 Å². The zero-order valence-electron chi connectivity index (χ0n) is 36.7. The van der Waals surface area contributed by atoms with Crippen molar-refractivity contribution in [2.75, 3.05) is 6.61 Å². The third-order valence-electron chi connectivity index (χ3n) is 13.5. The molecule has 3 aliphatic carbocycles. The summed E-state index contributed by atoms with van der Waals surface area (Å²) in [7, 11) is 0. The maximum atomic E-state index is 15.5. The lowest BCUT2D eigenvalue weighted by molar-refractivity contribution is -0.346. The van der Waals surface area contributed by atoms with Crippen LogP contribution >= 0.6 is 0 Å². The molecule has 1 aliphatic heterocycles. The highest BCUT2D eigenvalue weighted by molar-refractivity contribution is 5.96. The van der Waals surface area contributed by atoms with Gasteiger partial charge in [0.1, 0.15) is 23.9 Å². The molecule has 11 atom stereocenters. The zero-order chi connectivity index (χ0) is 44.9. The molecular weight excluding hydrogens is 851 g/mol. The van der Waals surface area contributed by atoms with Crippen molar-refractivity contribution < 1.29 is 84.2 Å². The molecule has 3 aromatic carbocycles. The highest BCUT2D eigenvalue weighted by Gasteiger charge is 2.78. The number of aliphatic hydroxyl groups excluding tert-OH is 2. The van der Waals surface area contributed by atoms with Crippen LogP contribution in [0.1, 0.15) is 86.7 Å². The highest BCUT2D eigenvalue weighted by atomic mass is 16.6. The molecule has 65 heavy (non-hydrogen) atoms. The molecule has 10 N–H and O–H groups in total. The van der Waals surface area contributed by atoms with Crippen LogP contribution in [0.2, 0.25) is 0 Å². The van der Waals surface area contributed by atoms with Crippen molar-refractivity contribution >= 4 is 35.6 Å². The van der Waals surface area contributed by atoms with Crippen LogP contribution < -0.4 is 5.32 Å². The van der Waals surface area contributed by atoms with E-state index in [-0.39, 0.29) is 51.7 Å². The summed E-state index contributed by atoms with van der Waals surface area (Å²) in [6.45, 7) is 7.97. The fourth-order valence-electron chi connectivity index (χ4n) is 10.2. The molecule has 1 saturated heterocycles. The van der Waals surface area contributed by atoms with E-state index in [2.05, 4.69) is 5.32 Å². The third-order valence-corrected chi connectivity index (χ3v) is 13.5. The van der Waals surface area contributed by atoms with Crippen LogP contribution in [0.4, 0.5) is 0 Å². The fourth-order valence-corrected chi connectivity index (χ4v) is 10.2. The maximum Gasteiger partial charge on any atom is 0.338 e. The Morgan fingerprint density at radius 2 is 1.35 bits per heavy atom. The minimum atomic E-state index is -2.39. The van der Waals surface area contributed by atoms with E-state index in [1.807, 2.05) is 0 Å². The summed E-state index contributed by atoms with van der Waals surface area (Å²) in [6.07, 6.45) is -10.5. The van der Waals surface area contributed by atoms with Crippen molar-refractivity contribution in [2.24, 2.45) is 16.7 Å². The fraction of sp³-hybridized carbons (Fsp3) is 0.447. The molecule has 1 heterocycles.